The van der Waals surface area contributed by atoms with Crippen molar-refractivity contribution < 1.29 is 18.3 Å². The highest BCUT2D eigenvalue weighted by Gasteiger charge is 2.09. The average molecular weight is 259 g/mol. The number of hydrazine groups is 1. The van der Waals surface area contributed by atoms with E-state index in [2.05, 4.69) is 10.3 Å². The second kappa shape index (κ2) is 6.06. The summed E-state index contributed by atoms with van der Waals surface area (Å²) in [5.74, 6) is -0.334. The molecule has 0 aliphatic rings. The van der Waals surface area contributed by atoms with Gasteiger partial charge in [-0.25, -0.2) is 13.2 Å². The van der Waals surface area contributed by atoms with Crippen LogP contribution < -0.4 is 15.6 Å². The van der Waals surface area contributed by atoms with Crippen molar-refractivity contribution in [3.63, 3.8) is 0 Å². The predicted octanol–water partition coefficient (Wildman–Crippen LogP) is 0.201. The van der Waals surface area contributed by atoms with Gasteiger partial charge in [-0.2, -0.15) is 0 Å². The van der Waals surface area contributed by atoms with Crippen LogP contribution in [0.2, 0.25) is 0 Å². The fourth-order valence-corrected chi connectivity index (χ4v) is 1.75. The minimum Gasteiger partial charge on any atom is -0.465 e. The van der Waals surface area contributed by atoms with Gasteiger partial charge in [0.05, 0.1) is 5.75 Å². The second-order valence-corrected chi connectivity index (χ2v) is 4.99. The summed E-state index contributed by atoms with van der Waals surface area (Å²) in [7, 11) is -3.56. The van der Waals surface area contributed by atoms with Crippen LogP contribution in [0.15, 0.2) is 30.3 Å². The molecule has 94 valence electrons. The lowest BCUT2D eigenvalue weighted by atomic mass is 10.3. The first-order chi connectivity index (χ1) is 7.99. The highest BCUT2D eigenvalue weighted by atomic mass is 32.2. The molecule has 0 unspecified atom stereocenters. The maximum Gasteiger partial charge on any atom is 0.404 e. The standard InChI is InChI=1S/C9H13N3O4S/c13-9(14)10-6-7-17(15,16)12-11-8-4-2-1-3-5-8/h1-5,10-12H,6-7H2,(H,13,14). The number of carbonyl (C=O) groups is 1. The lowest BCUT2D eigenvalue weighted by molar-refractivity contribution is 0.195. The molecule has 0 aliphatic carbocycles. The molecule has 17 heavy (non-hydrogen) atoms. The Balaban J connectivity index is 2.37. The molecule has 0 saturated heterocycles. The molecule has 0 bridgehead atoms. The summed E-state index contributed by atoms with van der Waals surface area (Å²) in [6, 6.07) is 8.69. The van der Waals surface area contributed by atoms with Gasteiger partial charge in [0.25, 0.3) is 0 Å². The SMILES string of the molecule is O=C(O)NCCS(=O)(=O)NNc1ccccc1. The van der Waals surface area contributed by atoms with Gasteiger partial charge in [0.2, 0.25) is 10.0 Å². The largest absolute Gasteiger partial charge is 0.465 e. The number of hydrogen-bond donors (Lipinski definition) is 4. The molecule has 1 aromatic rings. The molecule has 1 rings (SSSR count). The van der Waals surface area contributed by atoms with Crippen molar-refractivity contribution in [3.8, 4) is 0 Å². The Morgan fingerprint density at radius 1 is 1.24 bits per heavy atom. The second-order valence-electron chi connectivity index (χ2n) is 3.14. The molecular weight excluding hydrogens is 246 g/mol. The minimum absolute atomic E-state index is 0.166. The predicted molar refractivity (Wildman–Crippen MR) is 63.0 cm³/mol. The number of nitrogens with one attached hydrogen (secondary N) is 3. The van der Waals surface area contributed by atoms with Crippen molar-refractivity contribution in [2.24, 2.45) is 0 Å². The smallest absolute Gasteiger partial charge is 0.404 e. The number of hydrogen-bond acceptors (Lipinski definition) is 4. The zero-order valence-corrected chi connectivity index (χ0v) is 9.70. The number of rotatable bonds is 6. The molecule has 7 nitrogen and oxygen atoms in total. The van der Waals surface area contributed by atoms with E-state index in [0.717, 1.165) is 0 Å². The van der Waals surface area contributed by atoms with Gasteiger partial charge in [-0.3, -0.25) is 0 Å². The number of anilines is 1. The van der Waals surface area contributed by atoms with E-state index in [9.17, 15) is 13.2 Å². The highest BCUT2D eigenvalue weighted by Crippen LogP contribution is 2.02. The van der Waals surface area contributed by atoms with Crippen LogP contribution in [0.5, 0.6) is 0 Å². The van der Waals surface area contributed by atoms with Crippen molar-refractivity contribution in [1.82, 2.24) is 10.1 Å². The summed E-state index contributed by atoms with van der Waals surface area (Å²) in [5, 5.41) is 10.2. The Morgan fingerprint density at radius 3 is 2.47 bits per heavy atom. The van der Waals surface area contributed by atoms with Gasteiger partial charge in [0.1, 0.15) is 0 Å². The third kappa shape index (κ3) is 5.73. The first-order valence-corrected chi connectivity index (χ1v) is 6.42. The number of benzene rings is 1. The van der Waals surface area contributed by atoms with Gasteiger partial charge in [-0.15, -0.1) is 4.83 Å². The van der Waals surface area contributed by atoms with Gasteiger partial charge in [-0.1, -0.05) is 18.2 Å². The minimum atomic E-state index is -3.56. The summed E-state index contributed by atoms with van der Waals surface area (Å²) < 4.78 is 22.8. The molecular formula is C9H13N3O4S. The maximum atomic E-state index is 11.4. The third-order valence-electron chi connectivity index (χ3n) is 1.77. The van der Waals surface area contributed by atoms with Crippen LogP contribution in [0.3, 0.4) is 0 Å². The van der Waals surface area contributed by atoms with E-state index in [1.165, 1.54) is 0 Å². The molecule has 8 heteroatoms. The highest BCUT2D eigenvalue weighted by molar-refractivity contribution is 7.89. The summed E-state index contributed by atoms with van der Waals surface area (Å²) in [5.41, 5.74) is 3.11. The quantitative estimate of drug-likeness (QED) is 0.546. The zero-order chi connectivity index (χ0) is 12.7. The van der Waals surface area contributed by atoms with E-state index in [0.29, 0.717) is 5.69 Å². The van der Waals surface area contributed by atoms with Crippen LogP contribution >= 0.6 is 0 Å². The van der Waals surface area contributed by atoms with Crippen molar-refractivity contribution >= 4 is 21.8 Å². The van der Waals surface area contributed by atoms with Crippen LogP contribution in [0, 0.1) is 0 Å². The molecule has 0 heterocycles. The van der Waals surface area contributed by atoms with E-state index < -0.39 is 16.1 Å². The normalized spacial score (nSPS) is 10.8. The Hall–Kier alpha value is -1.80. The number of para-hydroxylation sites is 1. The van der Waals surface area contributed by atoms with E-state index >= 15 is 0 Å². The topological polar surface area (TPSA) is 108 Å². The Labute approximate surface area is 98.9 Å². The number of sulfonamides is 1. The van der Waals surface area contributed by atoms with Gasteiger partial charge in [0, 0.05) is 12.2 Å². The van der Waals surface area contributed by atoms with Gasteiger partial charge < -0.3 is 15.8 Å². The summed E-state index contributed by atoms with van der Waals surface area (Å²) >= 11 is 0. The van der Waals surface area contributed by atoms with E-state index in [1.54, 1.807) is 30.3 Å². The van der Waals surface area contributed by atoms with Crippen molar-refractivity contribution in [2.75, 3.05) is 17.7 Å². The molecule has 1 amide bonds. The lowest BCUT2D eigenvalue weighted by Gasteiger charge is -2.08. The molecule has 0 spiro atoms. The molecule has 0 aromatic heterocycles. The lowest BCUT2D eigenvalue weighted by Crippen LogP contribution is -2.36. The van der Waals surface area contributed by atoms with Crippen LogP contribution in [0.4, 0.5) is 10.5 Å². The summed E-state index contributed by atoms with van der Waals surface area (Å²) in [6.07, 6.45) is -1.25. The molecule has 0 atom stereocenters. The fourth-order valence-electron chi connectivity index (χ4n) is 1.00. The van der Waals surface area contributed by atoms with Crippen LogP contribution in [0.25, 0.3) is 0 Å². The van der Waals surface area contributed by atoms with Crippen molar-refractivity contribution in [3.05, 3.63) is 30.3 Å². The van der Waals surface area contributed by atoms with Crippen LogP contribution in [-0.2, 0) is 10.0 Å². The molecule has 0 radical (unpaired) electrons. The van der Waals surface area contributed by atoms with Gasteiger partial charge in [-0.05, 0) is 12.1 Å². The van der Waals surface area contributed by atoms with E-state index in [1.807, 2.05) is 5.32 Å². The van der Waals surface area contributed by atoms with Crippen LogP contribution in [0.1, 0.15) is 0 Å². The number of amides is 1. The first-order valence-electron chi connectivity index (χ1n) is 4.77. The molecule has 0 saturated carbocycles. The first kappa shape index (κ1) is 13.3. The Kier molecular flexibility index (Phi) is 4.73. The average Bonchev–Trinajstić information content (AvgIpc) is 2.27. The molecule has 0 fully saturated rings. The number of carboxylic acid groups (broad SMARTS) is 1. The summed E-state index contributed by atoms with van der Waals surface area (Å²) in [6.45, 7) is -0.166. The molecule has 1 aromatic carbocycles. The Morgan fingerprint density at radius 2 is 1.88 bits per heavy atom. The maximum absolute atomic E-state index is 11.4. The summed E-state index contributed by atoms with van der Waals surface area (Å²) in [4.78, 5) is 12.3. The van der Waals surface area contributed by atoms with E-state index in [-0.39, 0.29) is 12.3 Å². The van der Waals surface area contributed by atoms with Crippen LogP contribution in [-0.4, -0.2) is 31.9 Å². The van der Waals surface area contributed by atoms with Crippen molar-refractivity contribution in [2.45, 2.75) is 0 Å². The van der Waals surface area contributed by atoms with Gasteiger partial charge in [0.15, 0.2) is 0 Å². The van der Waals surface area contributed by atoms with Crippen molar-refractivity contribution in [1.29, 1.82) is 0 Å². The zero-order valence-electron chi connectivity index (χ0n) is 8.88. The molecule has 0 aliphatic heterocycles. The van der Waals surface area contributed by atoms with Gasteiger partial charge >= 0.3 is 6.09 Å². The third-order valence-corrected chi connectivity index (χ3v) is 2.93. The van der Waals surface area contributed by atoms with E-state index in [4.69, 9.17) is 5.11 Å². The Bertz CT molecular complexity index is 460. The fraction of sp³-hybridized carbons (Fsp3) is 0.222. The molecule has 4 N–H and O–H groups in total. The monoisotopic (exact) mass is 259 g/mol.